The zero-order valence-electron chi connectivity index (χ0n) is 69.3. The molecule has 14 aromatic carbocycles. The summed E-state index contributed by atoms with van der Waals surface area (Å²) in [5.41, 5.74) is 28.9. The first kappa shape index (κ1) is 82.7. The van der Waals surface area contributed by atoms with Crippen LogP contribution < -0.4 is 29.1 Å². The highest BCUT2D eigenvalue weighted by Crippen LogP contribution is 2.43. The molecule has 0 bridgehead atoms. The molecule has 0 radical (unpaired) electrons. The molecule has 0 spiro atoms. The minimum atomic E-state index is -0.00113. The predicted octanol–water partition coefficient (Wildman–Crippen LogP) is 30.6. The van der Waals surface area contributed by atoms with Gasteiger partial charge < -0.3 is 39.3 Å². The summed E-state index contributed by atoms with van der Waals surface area (Å²) in [6.45, 7) is 8.51. The van der Waals surface area contributed by atoms with Crippen LogP contribution in [0.1, 0.15) is 98.8 Å². The Hall–Kier alpha value is -14.4. The molecule has 0 amide bonds. The Labute approximate surface area is 726 Å². The molecule has 16 rings (SSSR count). The summed E-state index contributed by atoms with van der Waals surface area (Å²) < 4.78 is 10.8. The summed E-state index contributed by atoms with van der Waals surface area (Å²) in [5, 5.41) is 21.5. The highest BCUT2D eigenvalue weighted by Gasteiger charge is 2.19. The van der Waals surface area contributed by atoms with Crippen molar-refractivity contribution in [2.24, 2.45) is 0 Å². The standard InChI is InChI=1S/C66H56N2O4.C46H40N2S2/c1-71-65-43-39-63(40-44-65)68(64-41-45-66(72-2)46-42-64)60-33-25-56(26-34-60)22-20-54-17-13-52(14-18-54)10-8-50-5-3-49(4-6-50)7-9-51-11-15-53(16-12-51)19-21-55-23-31-59(32-24-55)67(61-35-27-57(47-69)28-36-61)62-37-29-58(48-70)30-38-62;1-33-5-19-39(20-6-33)47(40-21-7-34(2)8-22-40)45-31-29-43(49-45)27-17-37-13-15-38(16-14-37)18-28-44-30-32-46(50-44)48(41-23-9-35(3)10-24-41)42-25-11-36(4)12-26-42/h3-46,69-70H,47-48H2,1-2H3;5-32H,1-4H3/b9-7+,10-8+,21-19+,22-20+;27-17+,28-18+. The average Bonchev–Trinajstić information content (AvgIpc) is 1.79. The Morgan fingerprint density at radius 1 is 0.205 bits per heavy atom. The van der Waals surface area contributed by atoms with Crippen LogP contribution in [0.2, 0.25) is 0 Å². The third-order valence-corrected chi connectivity index (χ3v) is 23.1. The van der Waals surface area contributed by atoms with Crippen molar-refractivity contribution >= 4 is 162 Å². The molecular weight excluding hydrogens is 1530 g/mol. The van der Waals surface area contributed by atoms with Gasteiger partial charge in [0.15, 0.2) is 0 Å². The fourth-order valence-corrected chi connectivity index (χ4v) is 15.9. The molecule has 0 unspecified atom stereocenters. The Morgan fingerprint density at radius 3 is 0.582 bits per heavy atom. The van der Waals surface area contributed by atoms with E-state index in [-0.39, 0.29) is 13.2 Å². The number of rotatable bonds is 28. The van der Waals surface area contributed by atoms with Crippen LogP contribution in [-0.4, -0.2) is 24.4 Å². The van der Waals surface area contributed by atoms with Gasteiger partial charge in [-0.2, -0.15) is 0 Å². The Balaban J connectivity index is 0.000000202. The normalized spacial score (nSPS) is 11.5. The van der Waals surface area contributed by atoms with Crippen LogP contribution in [0.15, 0.2) is 364 Å². The van der Waals surface area contributed by atoms with E-state index in [1.807, 2.05) is 72.8 Å². The van der Waals surface area contributed by atoms with E-state index >= 15 is 0 Å². The second kappa shape index (κ2) is 40.4. The number of nitrogens with zero attached hydrogens (tertiary/aromatic N) is 4. The van der Waals surface area contributed by atoms with E-state index < -0.39 is 0 Å². The van der Waals surface area contributed by atoms with Crippen LogP contribution in [0.5, 0.6) is 11.5 Å². The van der Waals surface area contributed by atoms with Gasteiger partial charge in [0.25, 0.3) is 0 Å². The second-order valence-electron chi connectivity index (χ2n) is 29.9. The first-order valence-corrected chi connectivity index (χ1v) is 42.5. The van der Waals surface area contributed by atoms with Crippen molar-refractivity contribution in [2.75, 3.05) is 33.8 Å². The summed E-state index contributed by atoms with van der Waals surface area (Å²) in [6, 6.07) is 127. The number of aliphatic hydroxyl groups is 2. The molecule has 16 aromatic rings. The molecule has 8 nitrogen and oxygen atoms in total. The number of hydrogen-bond donors (Lipinski definition) is 2. The van der Waals surface area contributed by atoms with Crippen LogP contribution in [-0.2, 0) is 13.2 Å². The van der Waals surface area contributed by atoms with Gasteiger partial charge in [-0.3, -0.25) is 0 Å². The number of aliphatic hydroxyl groups excluding tert-OH is 2. The zero-order chi connectivity index (χ0) is 83.9. The summed E-state index contributed by atoms with van der Waals surface area (Å²) >= 11 is 3.59. The Kier molecular flexibility index (Phi) is 27.4. The van der Waals surface area contributed by atoms with Crippen molar-refractivity contribution in [3.63, 3.8) is 0 Å². The van der Waals surface area contributed by atoms with Gasteiger partial charge in [-0.05, 0) is 276 Å². The van der Waals surface area contributed by atoms with Gasteiger partial charge in [-0.1, -0.05) is 277 Å². The molecule has 0 fully saturated rings. The van der Waals surface area contributed by atoms with E-state index in [9.17, 15) is 10.2 Å². The second-order valence-corrected chi connectivity index (χ2v) is 32.1. The summed E-state index contributed by atoms with van der Waals surface area (Å²) in [5.74, 6) is 1.63. The lowest BCUT2D eigenvalue weighted by Crippen LogP contribution is -2.10. The van der Waals surface area contributed by atoms with Crippen molar-refractivity contribution < 1.29 is 19.7 Å². The fraction of sp³-hybridized carbons (Fsp3) is 0.0714. The minimum absolute atomic E-state index is 0.00113. The highest BCUT2D eigenvalue weighted by molar-refractivity contribution is 7.17. The largest absolute Gasteiger partial charge is 0.497 e. The molecule has 2 heterocycles. The molecule has 0 atom stereocenters. The van der Waals surface area contributed by atoms with Gasteiger partial charge in [0.1, 0.15) is 21.5 Å². The fourth-order valence-electron chi connectivity index (χ4n) is 14.0. The maximum Gasteiger partial charge on any atom is 0.119 e. The minimum Gasteiger partial charge on any atom is -0.497 e. The van der Waals surface area contributed by atoms with Gasteiger partial charge in [0.2, 0.25) is 0 Å². The van der Waals surface area contributed by atoms with E-state index in [2.05, 4.69) is 411 Å². The Morgan fingerprint density at radius 2 is 0.377 bits per heavy atom. The van der Waals surface area contributed by atoms with Crippen molar-refractivity contribution in [3.8, 4) is 11.5 Å². The molecule has 2 N–H and O–H groups in total. The van der Waals surface area contributed by atoms with Gasteiger partial charge >= 0.3 is 0 Å². The third-order valence-electron chi connectivity index (χ3n) is 21.1. The molecule has 0 aliphatic rings. The van der Waals surface area contributed by atoms with Crippen molar-refractivity contribution in [3.05, 3.63) is 463 Å². The topological polar surface area (TPSA) is 71.9 Å². The molecule has 0 aliphatic carbocycles. The van der Waals surface area contributed by atoms with Crippen LogP contribution in [0.3, 0.4) is 0 Å². The molecule has 10 heteroatoms. The average molecular weight is 1630 g/mol. The van der Waals surface area contributed by atoms with Crippen molar-refractivity contribution in [1.82, 2.24) is 0 Å². The number of thiophene rings is 2. The number of hydrogen-bond acceptors (Lipinski definition) is 10. The van der Waals surface area contributed by atoms with Gasteiger partial charge in [0.05, 0.1) is 27.4 Å². The van der Waals surface area contributed by atoms with Crippen molar-refractivity contribution in [1.29, 1.82) is 0 Å². The molecular formula is C112H96N4O4S2. The molecule has 2 aromatic heterocycles. The lowest BCUT2D eigenvalue weighted by atomic mass is 10.1. The Bertz CT molecular complexity index is 5660. The van der Waals surface area contributed by atoms with E-state index in [0.29, 0.717) is 0 Å². The van der Waals surface area contributed by atoms with E-state index in [0.717, 1.165) is 124 Å². The summed E-state index contributed by atoms with van der Waals surface area (Å²) in [6.07, 6.45) is 25.9. The first-order chi connectivity index (χ1) is 59.8. The zero-order valence-corrected chi connectivity index (χ0v) is 70.9. The molecule has 0 aliphatic heterocycles. The number of methoxy groups -OCH3 is 2. The molecule has 0 saturated carbocycles. The molecule has 0 saturated heterocycles. The quantitative estimate of drug-likeness (QED) is 0.0470. The maximum atomic E-state index is 9.58. The molecule has 122 heavy (non-hydrogen) atoms. The van der Waals surface area contributed by atoms with Crippen LogP contribution in [0.4, 0.5) is 66.9 Å². The first-order valence-electron chi connectivity index (χ1n) is 40.8. The van der Waals surface area contributed by atoms with Crippen LogP contribution in [0, 0.1) is 27.7 Å². The lowest BCUT2D eigenvalue weighted by Gasteiger charge is -2.26. The van der Waals surface area contributed by atoms with E-state index in [4.69, 9.17) is 9.47 Å². The SMILES string of the molecule is COc1ccc(N(c2ccc(/C=C/c3ccc(/C=C/c4ccc(/C=C/c5ccc(/C=C/c6ccc(N(c7ccc(CO)cc7)c7ccc(CO)cc7)cc6)cc5)cc4)cc3)cc2)c2ccc(OC)cc2)cc1.Cc1ccc(N(c2ccc(C)cc2)c2ccc(/C=C/c3ccc(/C=C/c4ccc(N(c5ccc(C)cc5)c5ccc(C)cc5)s4)cc3)s2)cc1. The van der Waals surface area contributed by atoms with Gasteiger partial charge in [-0.15, -0.1) is 22.7 Å². The number of benzene rings is 14. The number of anilines is 12. The number of aryl methyl sites for hydroxylation is 4. The van der Waals surface area contributed by atoms with E-state index in [1.54, 1.807) is 36.9 Å². The predicted molar refractivity (Wildman–Crippen MR) is 523 cm³/mol. The molecule has 600 valence electrons. The lowest BCUT2D eigenvalue weighted by molar-refractivity contribution is 0.281. The summed E-state index contributed by atoms with van der Waals surface area (Å²) in [4.78, 5) is 11.5. The van der Waals surface area contributed by atoms with Crippen LogP contribution >= 0.6 is 22.7 Å². The third kappa shape index (κ3) is 21.9. The van der Waals surface area contributed by atoms with Gasteiger partial charge in [0, 0.05) is 66.6 Å². The monoisotopic (exact) mass is 1620 g/mol. The van der Waals surface area contributed by atoms with Gasteiger partial charge in [-0.25, -0.2) is 0 Å². The van der Waals surface area contributed by atoms with Crippen molar-refractivity contribution in [2.45, 2.75) is 40.9 Å². The number of ether oxygens (including phenoxy) is 2. The summed E-state index contributed by atoms with van der Waals surface area (Å²) in [7, 11) is 3.36. The van der Waals surface area contributed by atoms with E-state index in [1.165, 1.54) is 53.1 Å². The maximum absolute atomic E-state index is 9.58. The van der Waals surface area contributed by atoms with Crippen LogP contribution in [0.25, 0.3) is 72.9 Å². The highest BCUT2D eigenvalue weighted by atomic mass is 32.1. The smallest absolute Gasteiger partial charge is 0.119 e.